The van der Waals surface area contributed by atoms with Crippen LogP contribution in [0.1, 0.15) is 5.56 Å². The van der Waals surface area contributed by atoms with E-state index < -0.39 is 0 Å². The third kappa shape index (κ3) is 2.38. The monoisotopic (exact) mass is 232 g/mol. The number of benzene rings is 1. The van der Waals surface area contributed by atoms with Crippen LogP contribution >= 0.6 is 0 Å². The number of carbonyl (C=O) groups is 1. The van der Waals surface area contributed by atoms with Crippen LogP contribution in [-0.2, 0) is 4.79 Å². The standard InChI is InChI=1S/C12H16N4O/c1-10-2-4-11(5-3-10)15-6-7-16(9-17)12(8-15)14-13/h2-5,9H,6-8,13H2,1H3. The average Bonchev–Trinajstić information content (AvgIpc) is 2.39. The molecule has 1 aliphatic heterocycles. The Morgan fingerprint density at radius 2 is 2.00 bits per heavy atom. The summed E-state index contributed by atoms with van der Waals surface area (Å²) in [6.45, 7) is 4.04. The molecule has 0 aliphatic carbocycles. The first kappa shape index (κ1) is 11.4. The lowest BCUT2D eigenvalue weighted by Crippen LogP contribution is -2.50. The quantitative estimate of drug-likeness (QED) is 0.460. The number of amides is 1. The molecule has 2 N–H and O–H groups in total. The second kappa shape index (κ2) is 4.86. The molecular formula is C12H16N4O. The topological polar surface area (TPSA) is 61.9 Å². The number of hydrogen-bond donors (Lipinski definition) is 1. The normalized spacial score (nSPS) is 18.5. The van der Waals surface area contributed by atoms with E-state index in [-0.39, 0.29) is 0 Å². The maximum absolute atomic E-state index is 10.8. The van der Waals surface area contributed by atoms with Crippen LogP contribution in [0, 0.1) is 6.92 Å². The summed E-state index contributed by atoms with van der Waals surface area (Å²) in [7, 11) is 0. The van der Waals surface area contributed by atoms with E-state index in [1.807, 2.05) is 0 Å². The molecule has 1 aromatic carbocycles. The Kier molecular flexibility index (Phi) is 3.27. The number of hydrazone groups is 1. The maximum Gasteiger partial charge on any atom is 0.215 e. The molecule has 90 valence electrons. The fourth-order valence-corrected chi connectivity index (χ4v) is 1.90. The van der Waals surface area contributed by atoms with Crippen LogP contribution in [0.4, 0.5) is 5.69 Å². The molecule has 5 heteroatoms. The second-order valence-electron chi connectivity index (χ2n) is 4.10. The van der Waals surface area contributed by atoms with Gasteiger partial charge in [-0.15, -0.1) is 0 Å². The van der Waals surface area contributed by atoms with E-state index >= 15 is 0 Å². The average molecular weight is 232 g/mol. The van der Waals surface area contributed by atoms with Gasteiger partial charge in [0.15, 0.2) is 5.84 Å². The summed E-state index contributed by atoms with van der Waals surface area (Å²) in [4.78, 5) is 14.5. The van der Waals surface area contributed by atoms with Gasteiger partial charge in [-0.3, -0.25) is 9.69 Å². The van der Waals surface area contributed by atoms with Crippen LogP contribution in [0.25, 0.3) is 0 Å². The van der Waals surface area contributed by atoms with E-state index in [1.54, 1.807) is 4.90 Å². The smallest absolute Gasteiger partial charge is 0.215 e. The molecule has 0 radical (unpaired) electrons. The van der Waals surface area contributed by atoms with Crippen LogP contribution in [0.3, 0.4) is 0 Å². The Balaban J connectivity index is 2.14. The first-order valence-corrected chi connectivity index (χ1v) is 5.55. The van der Waals surface area contributed by atoms with Crippen molar-refractivity contribution < 1.29 is 4.79 Å². The molecule has 1 aromatic rings. The molecule has 1 heterocycles. The minimum absolute atomic E-state index is 0.568. The summed E-state index contributed by atoms with van der Waals surface area (Å²) < 4.78 is 0. The van der Waals surface area contributed by atoms with Crippen LogP contribution in [-0.4, -0.2) is 36.8 Å². The zero-order valence-corrected chi connectivity index (χ0v) is 9.84. The lowest BCUT2D eigenvalue weighted by atomic mass is 10.2. The van der Waals surface area contributed by atoms with Crippen molar-refractivity contribution in [2.75, 3.05) is 24.5 Å². The molecule has 2 rings (SSSR count). The SMILES string of the molecule is Cc1ccc(N2CCN(C=O)C(=NN)C2)cc1. The van der Waals surface area contributed by atoms with Gasteiger partial charge in [-0.2, -0.15) is 5.10 Å². The molecule has 5 nitrogen and oxygen atoms in total. The van der Waals surface area contributed by atoms with Crippen LogP contribution in [0.15, 0.2) is 29.4 Å². The number of hydrogen-bond acceptors (Lipinski definition) is 4. The van der Waals surface area contributed by atoms with Crippen molar-refractivity contribution in [3.63, 3.8) is 0 Å². The summed E-state index contributed by atoms with van der Waals surface area (Å²) >= 11 is 0. The number of nitrogens with zero attached hydrogens (tertiary/aromatic N) is 3. The molecular weight excluding hydrogens is 216 g/mol. The number of rotatable bonds is 2. The molecule has 0 saturated carbocycles. The number of aryl methyl sites for hydroxylation is 1. The van der Waals surface area contributed by atoms with Gasteiger partial charge >= 0.3 is 0 Å². The molecule has 0 aromatic heterocycles. The molecule has 1 aliphatic rings. The van der Waals surface area contributed by atoms with Gasteiger partial charge in [-0.05, 0) is 19.1 Å². The highest BCUT2D eigenvalue weighted by Gasteiger charge is 2.21. The Bertz CT molecular complexity index is 427. The van der Waals surface area contributed by atoms with Crippen molar-refractivity contribution in [1.82, 2.24) is 4.90 Å². The predicted octanol–water partition coefficient (Wildman–Crippen LogP) is 0.546. The Morgan fingerprint density at radius 1 is 1.29 bits per heavy atom. The summed E-state index contributed by atoms with van der Waals surface area (Å²) in [5, 5.41) is 3.66. The van der Waals surface area contributed by atoms with E-state index in [0.29, 0.717) is 18.9 Å². The van der Waals surface area contributed by atoms with Gasteiger partial charge in [0.25, 0.3) is 0 Å². The first-order valence-electron chi connectivity index (χ1n) is 5.55. The molecule has 1 saturated heterocycles. The van der Waals surface area contributed by atoms with Crippen molar-refractivity contribution in [1.29, 1.82) is 0 Å². The fourth-order valence-electron chi connectivity index (χ4n) is 1.90. The lowest BCUT2D eigenvalue weighted by molar-refractivity contribution is -0.115. The van der Waals surface area contributed by atoms with E-state index in [2.05, 4.69) is 41.2 Å². The molecule has 1 amide bonds. The molecule has 1 fully saturated rings. The maximum atomic E-state index is 10.8. The van der Waals surface area contributed by atoms with Gasteiger partial charge in [0.05, 0.1) is 6.54 Å². The summed E-state index contributed by atoms with van der Waals surface area (Å²) in [5.41, 5.74) is 2.36. The highest BCUT2D eigenvalue weighted by atomic mass is 16.1. The van der Waals surface area contributed by atoms with Gasteiger partial charge in [0, 0.05) is 18.8 Å². The number of carbonyl (C=O) groups excluding carboxylic acids is 1. The number of nitrogens with two attached hydrogens (primary N) is 1. The summed E-state index contributed by atoms with van der Waals surface area (Å²) in [6.07, 6.45) is 0.776. The van der Waals surface area contributed by atoms with Gasteiger partial charge in [-0.25, -0.2) is 0 Å². The highest BCUT2D eigenvalue weighted by molar-refractivity contribution is 5.94. The molecule has 17 heavy (non-hydrogen) atoms. The predicted molar refractivity (Wildman–Crippen MR) is 67.8 cm³/mol. The van der Waals surface area contributed by atoms with Crippen molar-refractivity contribution in [3.8, 4) is 0 Å². The second-order valence-corrected chi connectivity index (χ2v) is 4.10. The highest BCUT2D eigenvalue weighted by Crippen LogP contribution is 2.17. The van der Waals surface area contributed by atoms with Crippen LogP contribution < -0.4 is 10.7 Å². The van der Waals surface area contributed by atoms with Crippen LogP contribution in [0.5, 0.6) is 0 Å². The van der Waals surface area contributed by atoms with E-state index in [4.69, 9.17) is 5.84 Å². The molecule has 0 spiro atoms. The summed E-state index contributed by atoms with van der Waals surface area (Å²) in [5.74, 6) is 5.90. The van der Waals surface area contributed by atoms with E-state index in [9.17, 15) is 4.79 Å². The number of anilines is 1. The Hall–Kier alpha value is -2.04. The van der Waals surface area contributed by atoms with E-state index in [1.165, 1.54) is 5.56 Å². The number of piperazine rings is 1. The lowest BCUT2D eigenvalue weighted by Gasteiger charge is -2.34. The third-order valence-corrected chi connectivity index (χ3v) is 2.95. The van der Waals surface area contributed by atoms with Crippen molar-refractivity contribution in [2.24, 2.45) is 10.9 Å². The molecule has 0 bridgehead atoms. The number of amidine groups is 1. The minimum Gasteiger partial charge on any atom is -0.362 e. The Labute approximate surface area is 101 Å². The third-order valence-electron chi connectivity index (χ3n) is 2.95. The Morgan fingerprint density at radius 3 is 2.59 bits per heavy atom. The van der Waals surface area contributed by atoms with Gasteiger partial charge in [-0.1, -0.05) is 17.7 Å². The van der Waals surface area contributed by atoms with Crippen molar-refractivity contribution >= 4 is 17.9 Å². The first-order chi connectivity index (χ1) is 8.24. The van der Waals surface area contributed by atoms with Crippen LogP contribution in [0.2, 0.25) is 0 Å². The molecule has 0 atom stereocenters. The van der Waals surface area contributed by atoms with Gasteiger partial charge in [0.2, 0.25) is 6.41 Å². The largest absolute Gasteiger partial charge is 0.362 e. The van der Waals surface area contributed by atoms with Gasteiger partial charge < -0.3 is 10.7 Å². The molecule has 0 unspecified atom stereocenters. The van der Waals surface area contributed by atoms with Gasteiger partial charge in [0.1, 0.15) is 0 Å². The van der Waals surface area contributed by atoms with Crippen molar-refractivity contribution in [3.05, 3.63) is 29.8 Å². The van der Waals surface area contributed by atoms with Crippen molar-refractivity contribution in [2.45, 2.75) is 6.92 Å². The zero-order chi connectivity index (χ0) is 12.3. The summed E-state index contributed by atoms with van der Waals surface area (Å²) in [6, 6.07) is 8.28. The fraction of sp³-hybridized carbons (Fsp3) is 0.333. The van der Waals surface area contributed by atoms with E-state index in [0.717, 1.165) is 18.6 Å². The minimum atomic E-state index is 0.568. The zero-order valence-electron chi connectivity index (χ0n) is 9.84.